The van der Waals surface area contributed by atoms with Gasteiger partial charge in [-0.05, 0) is 43.7 Å². The Labute approximate surface area is 181 Å². The van der Waals surface area contributed by atoms with Crippen molar-refractivity contribution in [1.82, 2.24) is 14.8 Å². The largest absolute Gasteiger partial charge is 0.480 e. The molecule has 30 heavy (non-hydrogen) atoms. The molecule has 1 aromatic heterocycles. The summed E-state index contributed by atoms with van der Waals surface area (Å²) in [6.07, 6.45) is -0.639. The van der Waals surface area contributed by atoms with Crippen LogP contribution in [-0.2, 0) is 11.8 Å². The lowest BCUT2D eigenvalue weighted by Crippen LogP contribution is -2.15. The van der Waals surface area contributed by atoms with Gasteiger partial charge in [-0.2, -0.15) is 0 Å². The fourth-order valence-electron chi connectivity index (χ4n) is 2.67. The number of carbonyl (C=O) groups is 1. The average molecular weight is 453 g/mol. The number of aromatic nitrogens is 3. The van der Waals surface area contributed by atoms with Gasteiger partial charge in [-0.25, -0.2) is 8.78 Å². The van der Waals surface area contributed by atoms with Gasteiger partial charge in [0.2, 0.25) is 5.91 Å². The summed E-state index contributed by atoms with van der Waals surface area (Å²) in [5.74, 6) is -1.24. The summed E-state index contributed by atoms with van der Waals surface area (Å²) < 4.78 is 34.1. The number of aryl methyl sites for hydroxylation is 1. The summed E-state index contributed by atoms with van der Waals surface area (Å²) in [6.45, 7) is 3.55. The molecular formula is C20H19ClF2N4O2S. The number of halogens is 3. The predicted octanol–water partition coefficient (Wildman–Crippen LogP) is 4.93. The molecule has 0 aliphatic heterocycles. The Morgan fingerprint density at radius 2 is 2.03 bits per heavy atom. The maximum Gasteiger partial charge on any atom is 0.234 e. The highest BCUT2D eigenvalue weighted by Gasteiger charge is 2.19. The Hall–Kier alpha value is -2.65. The standard InChI is InChI=1S/C20H19ClF2N4O2S/c1-11-4-5-13(21)8-16(11)24-18(28)10-30-20-26-25-19(27(20)3)12(2)29-17-7-6-14(22)9-15(17)23/h4-9,12H,10H2,1-3H3,(H,24,28). The van der Waals surface area contributed by atoms with E-state index in [0.29, 0.717) is 21.7 Å². The van der Waals surface area contributed by atoms with Gasteiger partial charge in [-0.1, -0.05) is 29.4 Å². The topological polar surface area (TPSA) is 69.0 Å². The van der Waals surface area contributed by atoms with E-state index in [1.807, 2.05) is 13.0 Å². The Kier molecular flexibility index (Phi) is 6.94. The first-order valence-corrected chi connectivity index (χ1v) is 10.3. The van der Waals surface area contributed by atoms with Crippen molar-refractivity contribution in [1.29, 1.82) is 0 Å². The lowest BCUT2D eigenvalue weighted by atomic mass is 10.2. The van der Waals surface area contributed by atoms with Crippen molar-refractivity contribution < 1.29 is 18.3 Å². The van der Waals surface area contributed by atoms with Gasteiger partial charge in [0.25, 0.3) is 0 Å². The highest BCUT2D eigenvalue weighted by molar-refractivity contribution is 7.99. The maximum absolute atomic E-state index is 13.8. The van der Waals surface area contributed by atoms with Gasteiger partial charge in [0, 0.05) is 23.8 Å². The quantitative estimate of drug-likeness (QED) is 0.515. The third-order valence-electron chi connectivity index (χ3n) is 4.24. The van der Waals surface area contributed by atoms with E-state index in [1.165, 1.54) is 17.8 Å². The van der Waals surface area contributed by atoms with E-state index in [9.17, 15) is 13.6 Å². The monoisotopic (exact) mass is 452 g/mol. The summed E-state index contributed by atoms with van der Waals surface area (Å²) in [7, 11) is 1.72. The highest BCUT2D eigenvalue weighted by atomic mass is 35.5. The first-order chi connectivity index (χ1) is 14.2. The van der Waals surface area contributed by atoms with Crippen LogP contribution in [0.1, 0.15) is 24.4 Å². The molecule has 0 fully saturated rings. The fourth-order valence-corrected chi connectivity index (χ4v) is 3.56. The molecule has 158 valence electrons. The first-order valence-electron chi connectivity index (χ1n) is 8.94. The van der Waals surface area contributed by atoms with E-state index >= 15 is 0 Å². The van der Waals surface area contributed by atoms with Crippen molar-refractivity contribution in [2.24, 2.45) is 7.05 Å². The zero-order chi connectivity index (χ0) is 21.8. The van der Waals surface area contributed by atoms with Gasteiger partial charge in [0.05, 0.1) is 5.75 Å². The smallest absolute Gasteiger partial charge is 0.234 e. The predicted molar refractivity (Wildman–Crippen MR) is 112 cm³/mol. The molecule has 1 heterocycles. The molecule has 0 saturated heterocycles. The zero-order valence-electron chi connectivity index (χ0n) is 16.4. The second-order valence-electron chi connectivity index (χ2n) is 6.53. The number of nitrogens with zero attached hydrogens (tertiary/aromatic N) is 3. The van der Waals surface area contributed by atoms with Gasteiger partial charge in [-0.15, -0.1) is 10.2 Å². The van der Waals surface area contributed by atoms with Gasteiger partial charge < -0.3 is 14.6 Å². The number of ether oxygens (including phenoxy) is 1. The van der Waals surface area contributed by atoms with Crippen LogP contribution in [0.5, 0.6) is 5.75 Å². The number of thioether (sulfide) groups is 1. The minimum absolute atomic E-state index is 0.0858. The van der Waals surface area contributed by atoms with Crippen molar-refractivity contribution in [3.63, 3.8) is 0 Å². The van der Waals surface area contributed by atoms with E-state index in [4.69, 9.17) is 16.3 Å². The van der Waals surface area contributed by atoms with Crippen molar-refractivity contribution in [2.45, 2.75) is 25.1 Å². The van der Waals surface area contributed by atoms with Crippen LogP contribution in [0.25, 0.3) is 0 Å². The van der Waals surface area contributed by atoms with Gasteiger partial charge in [-0.3, -0.25) is 4.79 Å². The van der Waals surface area contributed by atoms with E-state index in [2.05, 4.69) is 15.5 Å². The molecule has 0 bridgehead atoms. The van der Waals surface area contributed by atoms with Crippen LogP contribution >= 0.6 is 23.4 Å². The third kappa shape index (κ3) is 5.28. The van der Waals surface area contributed by atoms with Crippen molar-refractivity contribution in [2.75, 3.05) is 11.1 Å². The molecule has 3 rings (SSSR count). The van der Waals surface area contributed by atoms with Crippen LogP contribution in [0.3, 0.4) is 0 Å². The molecule has 0 saturated carbocycles. The number of hydrogen-bond donors (Lipinski definition) is 1. The van der Waals surface area contributed by atoms with Gasteiger partial charge >= 0.3 is 0 Å². The lowest BCUT2D eigenvalue weighted by Gasteiger charge is -2.14. The molecule has 2 aromatic carbocycles. The highest BCUT2D eigenvalue weighted by Crippen LogP contribution is 2.26. The van der Waals surface area contributed by atoms with Gasteiger partial charge in [0.15, 0.2) is 28.7 Å². The Balaban J connectivity index is 1.62. The minimum atomic E-state index is -0.799. The molecule has 6 nitrogen and oxygen atoms in total. The average Bonchev–Trinajstić information content (AvgIpc) is 3.06. The number of carbonyl (C=O) groups excluding carboxylic acids is 1. The normalized spacial score (nSPS) is 11.9. The molecule has 0 aliphatic carbocycles. The molecule has 1 atom stereocenters. The number of hydrogen-bond acceptors (Lipinski definition) is 5. The second kappa shape index (κ2) is 9.44. The molecule has 10 heteroatoms. The number of amides is 1. The summed E-state index contributed by atoms with van der Waals surface area (Å²) in [6, 6.07) is 8.35. The lowest BCUT2D eigenvalue weighted by molar-refractivity contribution is -0.113. The molecule has 0 radical (unpaired) electrons. The third-order valence-corrected chi connectivity index (χ3v) is 5.49. The zero-order valence-corrected chi connectivity index (χ0v) is 18.0. The molecule has 1 unspecified atom stereocenters. The Morgan fingerprint density at radius 3 is 2.77 bits per heavy atom. The maximum atomic E-state index is 13.8. The van der Waals surface area contributed by atoms with E-state index in [-0.39, 0.29) is 17.4 Å². The van der Waals surface area contributed by atoms with Crippen LogP contribution in [0.15, 0.2) is 41.6 Å². The van der Waals surface area contributed by atoms with Gasteiger partial charge in [0.1, 0.15) is 5.82 Å². The number of benzene rings is 2. The van der Waals surface area contributed by atoms with Crippen LogP contribution in [0, 0.1) is 18.6 Å². The van der Waals surface area contributed by atoms with Crippen molar-refractivity contribution in [3.05, 3.63) is 64.4 Å². The summed E-state index contributed by atoms with van der Waals surface area (Å²) in [4.78, 5) is 12.3. The second-order valence-corrected chi connectivity index (χ2v) is 7.91. The molecule has 1 amide bonds. The Morgan fingerprint density at radius 1 is 1.27 bits per heavy atom. The van der Waals surface area contributed by atoms with E-state index in [1.54, 1.807) is 30.7 Å². The van der Waals surface area contributed by atoms with Crippen LogP contribution < -0.4 is 10.1 Å². The summed E-state index contributed by atoms with van der Waals surface area (Å²) in [5, 5.41) is 12.0. The summed E-state index contributed by atoms with van der Waals surface area (Å²) in [5.41, 5.74) is 1.55. The van der Waals surface area contributed by atoms with Crippen LogP contribution in [0.4, 0.5) is 14.5 Å². The SMILES string of the molecule is Cc1ccc(Cl)cc1NC(=O)CSc1nnc(C(C)Oc2ccc(F)cc2F)n1C. The molecule has 0 spiro atoms. The molecule has 0 aliphatic rings. The van der Waals surface area contributed by atoms with E-state index < -0.39 is 17.7 Å². The minimum Gasteiger partial charge on any atom is -0.480 e. The molecular weight excluding hydrogens is 434 g/mol. The molecule has 1 N–H and O–H groups in total. The van der Waals surface area contributed by atoms with Crippen LogP contribution in [-0.4, -0.2) is 26.4 Å². The van der Waals surface area contributed by atoms with E-state index in [0.717, 1.165) is 17.7 Å². The Bertz CT molecular complexity index is 1080. The number of rotatable bonds is 7. The first kappa shape index (κ1) is 22.0. The summed E-state index contributed by atoms with van der Waals surface area (Å²) >= 11 is 7.17. The molecule has 3 aromatic rings. The van der Waals surface area contributed by atoms with Crippen LogP contribution in [0.2, 0.25) is 5.02 Å². The number of anilines is 1. The number of nitrogens with one attached hydrogen (secondary N) is 1. The fraction of sp³-hybridized carbons (Fsp3) is 0.250. The van der Waals surface area contributed by atoms with Crippen molar-refractivity contribution >= 4 is 35.0 Å². The van der Waals surface area contributed by atoms with Crippen molar-refractivity contribution in [3.8, 4) is 5.75 Å².